The molecule has 0 saturated carbocycles. The van der Waals surface area contributed by atoms with Crippen molar-refractivity contribution in [2.24, 2.45) is 10.4 Å². The normalized spacial score (nSPS) is 11.5. The van der Waals surface area contributed by atoms with Crippen molar-refractivity contribution >= 4 is 5.71 Å². The molecular formula is C17H27NO2Y-2. The Morgan fingerprint density at radius 2 is 2.10 bits per heavy atom. The fourth-order valence-electron chi connectivity index (χ4n) is 1.98. The zero-order valence-electron chi connectivity index (χ0n) is 13.9. The maximum atomic E-state index is 9.50. The maximum absolute atomic E-state index is 9.50. The van der Waals surface area contributed by atoms with Crippen LogP contribution in [0.25, 0.3) is 0 Å². The molecule has 0 aliphatic heterocycles. The second-order valence-electron chi connectivity index (χ2n) is 5.42. The largest absolute Gasteiger partial charge is 0.534 e. The van der Waals surface area contributed by atoms with Crippen LogP contribution in [0.5, 0.6) is 5.75 Å². The number of hydrogen-bond acceptors (Lipinski definition) is 3. The van der Waals surface area contributed by atoms with Gasteiger partial charge in [0.15, 0.2) is 0 Å². The Bertz CT molecular complexity index is 431. The first-order chi connectivity index (χ1) is 8.98. The smallest absolute Gasteiger partial charge is 0.0471 e. The third-order valence-corrected chi connectivity index (χ3v) is 3.16. The van der Waals surface area contributed by atoms with E-state index >= 15 is 0 Å². The van der Waals surface area contributed by atoms with E-state index in [4.69, 9.17) is 4.74 Å². The van der Waals surface area contributed by atoms with Crippen LogP contribution in [0.1, 0.15) is 39.2 Å². The molecule has 0 spiro atoms. The molecule has 1 aromatic rings. The minimum Gasteiger partial charge on any atom is -0.534 e. The summed E-state index contributed by atoms with van der Waals surface area (Å²) in [7, 11) is 1.79. The molecule has 0 fully saturated rings. The van der Waals surface area contributed by atoms with E-state index in [0.29, 0.717) is 0 Å². The van der Waals surface area contributed by atoms with Gasteiger partial charge in [-0.1, -0.05) is 13.8 Å². The van der Waals surface area contributed by atoms with Gasteiger partial charge < -0.3 is 17.3 Å². The van der Waals surface area contributed by atoms with E-state index in [2.05, 4.69) is 24.9 Å². The molecule has 0 aliphatic carbocycles. The van der Waals surface area contributed by atoms with Gasteiger partial charge in [0.25, 0.3) is 0 Å². The standard InChI is InChI=1S/C16H24NO2.CH3.Y/c1-5-19-10-9-16(2,3)12-15(17-4)13-7-6-8-14(18)11-13;;/h6-7,11,18H,5,9-10,12H2,1-4H3;1H3;/q2*-1;. The molecule has 3 nitrogen and oxygen atoms in total. The summed E-state index contributed by atoms with van der Waals surface area (Å²) in [5.74, 6) is 0.158. The molecule has 0 amide bonds. The summed E-state index contributed by atoms with van der Waals surface area (Å²) in [6.07, 6.45) is 1.85. The molecule has 4 heteroatoms. The number of phenolic OH excluding ortho intramolecular Hbond substituents is 1. The summed E-state index contributed by atoms with van der Waals surface area (Å²) in [5.41, 5.74) is 2.09. The van der Waals surface area contributed by atoms with E-state index in [0.717, 1.165) is 37.3 Å². The van der Waals surface area contributed by atoms with Crippen LogP contribution in [0.3, 0.4) is 0 Å². The molecule has 1 radical (unpaired) electrons. The number of aliphatic imine (C=N–C) groups is 1. The van der Waals surface area contributed by atoms with Crippen LogP contribution in [-0.4, -0.2) is 31.1 Å². The van der Waals surface area contributed by atoms with E-state index in [1.165, 1.54) is 0 Å². The molecule has 0 aromatic heterocycles. The molecule has 0 aliphatic rings. The Morgan fingerprint density at radius 1 is 1.43 bits per heavy atom. The van der Waals surface area contributed by atoms with Gasteiger partial charge in [0.1, 0.15) is 0 Å². The second-order valence-corrected chi connectivity index (χ2v) is 5.42. The molecular weight excluding hydrogens is 339 g/mol. The predicted molar refractivity (Wildman–Crippen MR) is 85.3 cm³/mol. The quantitative estimate of drug-likeness (QED) is 0.452. The van der Waals surface area contributed by atoms with Gasteiger partial charge in [-0.3, -0.25) is 4.99 Å². The van der Waals surface area contributed by atoms with Crippen molar-refractivity contribution < 1.29 is 42.6 Å². The van der Waals surface area contributed by atoms with Crippen molar-refractivity contribution in [1.29, 1.82) is 0 Å². The van der Waals surface area contributed by atoms with Gasteiger partial charge in [0.2, 0.25) is 0 Å². The molecule has 0 saturated heterocycles. The summed E-state index contributed by atoms with van der Waals surface area (Å²) in [4.78, 5) is 4.36. The average Bonchev–Trinajstić information content (AvgIpc) is 2.36. The number of hydrogen-bond donors (Lipinski definition) is 1. The SMILES string of the molecule is CCOCCC(C)(C)CC(=NC)c1cc[c-]c(O)c1.[CH3-].[Y]. The van der Waals surface area contributed by atoms with Crippen LogP contribution in [0.4, 0.5) is 0 Å². The van der Waals surface area contributed by atoms with Crippen molar-refractivity contribution in [2.75, 3.05) is 20.3 Å². The first-order valence-electron chi connectivity index (χ1n) is 6.73. The summed E-state index contributed by atoms with van der Waals surface area (Å²) >= 11 is 0. The molecule has 1 rings (SSSR count). The number of rotatable bonds is 7. The van der Waals surface area contributed by atoms with E-state index in [-0.39, 0.29) is 51.3 Å². The molecule has 117 valence electrons. The average molecular weight is 366 g/mol. The van der Waals surface area contributed by atoms with Crippen molar-refractivity contribution in [3.8, 4) is 5.75 Å². The molecule has 1 aromatic carbocycles. The summed E-state index contributed by atoms with van der Waals surface area (Å²) in [5, 5.41) is 9.50. The van der Waals surface area contributed by atoms with Gasteiger partial charge in [-0.15, -0.1) is 17.7 Å². The van der Waals surface area contributed by atoms with Crippen LogP contribution >= 0.6 is 0 Å². The van der Waals surface area contributed by atoms with E-state index < -0.39 is 0 Å². The Kier molecular flexibility index (Phi) is 12.4. The van der Waals surface area contributed by atoms with Gasteiger partial charge in [0, 0.05) is 64.4 Å². The van der Waals surface area contributed by atoms with Gasteiger partial charge in [-0.05, 0) is 25.2 Å². The monoisotopic (exact) mass is 366 g/mol. The zero-order chi connectivity index (χ0) is 14.3. The number of benzene rings is 1. The van der Waals surface area contributed by atoms with Crippen molar-refractivity contribution in [2.45, 2.75) is 33.6 Å². The van der Waals surface area contributed by atoms with Crippen LogP contribution in [0, 0.1) is 18.9 Å². The maximum Gasteiger partial charge on any atom is 0.0471 e. The molecule has 0 unspecified atom stereocenters. The molecule has 1 N–H and O–H groups in total. The van der Waals surface area contributed by atoms with Crippen LogP contribution in [0.15, 0.2) is 23.2 Å². The number of ether oxygens (including phenoxy) is 1. The Balaban J connectivity index is 0. The van der Waals surface area contributed by atoms with Crippen molar-refractivity contribution in [3.05, 3.63) is 37.3 Å². The topological polar surface area (TPSA) is 41.8 Å². The number of nitrogens with zero attached hydrogens (tertiary/aromatic N) is 1. The van der Waals surface area contributed by atoms with Crippen LogP contribution < -0.4 is 0 Å². The minimum atomic E-state index is 0. The van der Waals surface area contributed by atoms with Gasteiger partial charge in [-0.2, -0.15) is 12.1 Å². The van der Waals surface area contributed by atoms with Gasteiger partial charge in [0.05, 0.1) is 0 Å². The van der Waals surface area contributed by atoms with Crippen molar-refractivity contribution in [3.63, 3.8) is 0 Å². The van der Waals surface area contributed by atoms with Gasteiger partial charge >= 0.3 is 0 Å². The van der Waals surface area contributed by atoms with Crippen LogP contribution in [-0.2, 0) is 37.4 Å². The second kappa shape index (κ2) is 11.3. The summed E-state index contributed by atoms with van der Waals surface area (Å²) < 4.78 is 5.42. The third-order valence-electron chi connectivity index (χ3n) is 3.16. The summed E-state index contributed by atoms with van der Waals surface area (Å²) in [6.45, 7) is 7.97. The molecule has 0 heterocycles. The van der Waals surface area contributed by atoms with Crippen molar-refractivity contribution in [1.82, 2.24) is 0 Å². The zero-order valence-corrected chi connectivity index (χ0v) is 16.8. The number of aromatic hydroxyl groups is 1. The summed E-state index contributed by atoms with van der Waals surface area (Å²) in [6, 6.07) is 8.10. The Hall–Kier alpha value is -0.246. The Morgan fingerprint density at radius 3 is 2.62 bits per heavy atom. The number of phenols is 1. The molecule has 0 bridgehead atoms. The predicted octanol–water partition coefficient (Wildman–Crippen LogP) is 3.90. The fourth-order valence-corrected chi connectivity index (χ4v) is 1.98. The molecule has 0 atom stereocenters. The third kappa shape index (κ3) is 8.70. The van der Waals surface area contributed by atoms with Gasteiger partial charge in [-0.25, -0.2) is 0 Å². The minimum absolute atomic E-state index is 0. The van der Waals surface area contributed by atoms with Crippen LogP contribution in [0.2, 0.25) is 0 Å². The Labute approximate surface area is 155 Å². The first kappa shape index (κ1) is 23.0. The fraction of sp³-hybridized carbons (Fsp3) is 0.529. The first-order valence-corrected chi connectivity index (χ1v) is 6.73. The molecule has 21 heavy (non-hydrogen) atoms. The van der Waals surface area contributed by atoms with E-state index in [9.17, 15) is 5.11 Å². The van der Waals surface area contributed by atoms with E-state index in [1.54, 1.807) is 19.2 Å². The van der Waals surface area contributed by atoms with E-state index in [1.807, 2.05) is 13.0 Å².